The normalized spacial score (nSPS) is 11.3. The molecular formula is C13H17F3N2O2. The second-order valence-electron chi connectivity index (χ2n) is 4.25. The van der Waals surface area contributed by atoms with Gasteiger partial charge in [0.25, 0.3) is 0 Å². The molecule has 0 aliphatic rings. The SMILES string of the molecule is Nc1ccc(NC(=O)CCOCCCC(F)(F)F)cc1. The van der Waals surface area contributed by atoms with Crippen LogP contribution in [0.1, 0.15) is 19.3 Å². The van der Waals surface area contributed by atoms with Crippen LogP contribution in [0.5, 0.6) is 0 Å². The van der Waals surface area contributed by atoms with Crippen LogP contribution in [0.25, 0.3) is 0 Å². The van der Waals surface area contributed by atoms with E-state index in [1.165, 1.54) is 0 Å². The van der Waals surface area contributed by atoms with Crippen LogP contribution in [0.15, 0.2) is 24.3 Å². The maximum absolute atomic E-state index is 11.8. The van der Waals surface area contributed by atoms with E-state index < -0.39 is 12.6 Å². The average Bonchev–Trinajstić information content (AvgIpc) is 2.35. The molecule has 20 heavy (non-hydrogen) atoms. The number of ether oxygens (including phenoxy) is 1. The highest BCUT2D eigenvalue weighted by Gasteiger charge is 2.25. The zero-order valence-electron chi connectivity index (χ0n) is 10.9. The van der Waals surface area contributed by atoms with Crippen molar-refractivity contribution < 1.29 is 22.7 Å². The molecule has 0 aliphatic heterocycles. The molecule has 1 amide bonds. The van der Waals surface area contributed by atoms with Crippen LogP contribution < -0.4 is 11.1 Å². The third kappa shape index (κ3) is 7.63. The Balaban J connectivity index is 2.10. The minimum Gasteiger partial charge on any atom is -0.399 e. The van der Waals surface area contributed by atoms with Gasteiger partial charge in [0.15, 0.2) is 0 Å². The molecule has 1 aromatic rings. The zero-order valence-corrected chi connectivity index (χ0v) is 10.9. The summed E-state index contributed by atoms with van der Waals surface area (Å²) in [5.74, 6) is -0.259. The summed E-state index contributed by atoms with van der Waals surface area (Å²) in [5, 5.41) is 2.63. The fourth-order valence-electron chi connectivity index (χ4n) is 1.43. The average molecular weight is 290 g/mol. The quantitative estimate of drug-likeness (QED) is 0.599. The lowest BCUT2D eigenvalue weighted by Crippen LogP contribution is -2.15. The first-order valence-electron chi connectivity index (χ1n) is 6.17. The van der Waals surface area contributed by atoms with Gasteiger partial charge in [-0.1, -0.05) is 0 Å². The molecule has 1 rings (SSSR count). The van der Waals surface area contributed by atoms with Gasteiger partial charge < -0.3 is 15.8 Å². The standard InChI is InChI=1S/C13H17F3N2O2/c14-13(15,16)7-1-8-20-9-6-12(19)18-11-4-2-10(17)3-5-11/h2-5H,1,6-9,17H2,(H,18,19). The molecular weight excluding hydrogens is 273 g/mol. The predicted molar refractivity (Wildman–Crippen MR) is 70.2 cm³/mol. The summed E-state index contributed by atoms with van der Waals surface area (Å²) >= 11 is 0. The van der Waals surface area contributed by atoms with Crippen molar-refractivity contribution in [3.63, 3.8) is 0 Å². The molecule has 0 radical (unpaired) electrons. The molecule has 0 saturated heterocycles. The lowest BCUT2D eigenvalue weighted by molar-refractivity contribution is -0.138. The smallest absolute Gasteiger partial charge is 0.389 e. The number of benzene rings is 1. The van der Waals surface area contributed by atoms with E-state index in [-0.39, 0.29) is 32.0 Å². The number of nitrogens with two attached hydrogens (primary N) is 1. The molecule has 0 atom stereocenters. The maximum atomic E-state index is 11.8. The number of alkyl halides is 3. The van der Waals surface area contributed by atoms with Crippen molar-refractivity contribution >= 4 is 17.3 Å². The van der Waals surface area contributed by atoms with Gasteiger partial charge in [0.05, 0.1) is 13.0 Å². The topological polar surface area (TPSA) is 64.3 Å². The number of nitrogen functional groups attached to an aromatic ring is 1. The second-order valence-corrected chi connectivity index (χ2v) is 4.25. The van der Waals surface area contributed by atoms with Gasteiger partial charge in [0.1, 0.15) is 0 Å². The largest absolute Gasteiger partial charge is 0.399 e. The summed E-state index contributed by atoms with van der Waals surface area (Å²) in [5.41, 5.74) is 6.71. The van der Waals surface area contributed by atoms with E-state index in [0.29, 0.717) is 11.4 Å². The molecule has 0 spiro atoms. The number of anilines is 2. The van der Waals surface area contributed by atoms with E-state index in [9.17, 15) is 18.0 Å². The maximum Gasteiger partial charge on any atom is 0.389 e. The Morgan fingerprint density at radius 1 is 1.20 bits per heavy atom. The molecule has 0 unspecified atom stereocenters. The zero-order chi connectivity index (χ0) is 15.0. The Bertz CT molecular complexity index is 419. The van der Waals surface area contributed by atoms with Crippen molar-refractivity contribution in [2.45, 2.75) is 25.4 Å². The van der Waals surface area contributed by atoms with Crippen molar-refractivity contribution in [3.05, 3.63) is 24.3 Å². The number of carbonyl (C=O) groups excluding carboxylic acids is 1. The number of hydrogen-bond donors (Lipinski definition) is 2. The lowest BCUT2D eigenvalue weighted by Gasteiger charge is -2.07. The monoisotopic (exact) mass is 290 g/mol. The molecule has 1 aromatic carbocycles. The highest BCUT2D eigenvalue weighted by Crippen LogP contribution is 2.21. The van der Waals surface area contributed by atoms with Crippen molar-refractivity contribution in [1.29, 1.82) is 0 Å². The molecule has 3 N–H and O–H groups in total. The Morgan fingerprint density at radius 2 is 1.85 bits per heavy atom. The number of hydrogen-bond acceptors (Lipinski definition) is 3. The molecule has 0 heterocycles. The van der Waals surface area contributed by atoms with Gasteiger partial charge >= 0.3 is 6.18 Å². The highest BCUT2D eigenvalue weighted by molar-refractivity contribution is 5.90. The van der Waals surface area contributed by atoms with Gasteiger partial charge in [-0.05, 0) is 30.7 Å². The van der Waals surface area contributed by atoms with Crippen LogP contribution in [0.2, 0.25) is 0 Å². The third-order valence-electron chi connectivity index (χ3n) is 2.42. The molecule has 112 valence electrons. The number of rotatable bonds is 7. The summed E-state index contributed by atoms with van der Waals surface area (Å²) in [4.78, 5) is 11.5. The van der Waals surface area contributed by atoms with Crippen LogP contribution >= 0.6 is 0 Å². The second kappa shape index (κ2) is 7.74. The Hall–Kier alpha value is -1.76. The molecule has 0 bridgehead atoms. The van der Waals surface area contributed by atoms with Gasteiger partial charge in [-0.25, -0.2) is 0 Å². The van der Waals surface area contributed by atoms with Gasteiger partial charge in [-0.15, -0.1) is 0 Å². The lowest BCUT2D eigenvalue weighted by atomic mass is 10.3. The van der Waals surface area contributed by atoms with Gasteiger partial charge in [0.2, 0.25) is 5.91 Å². The summed E-state index contributed by atoms with van der Waals surface area (Å²) in [6.07, 6.45) is -5.03. The van der Waals surface area contributed by atoms with Crippen molar-refractivity contribution in [2.24, 2.45) is 0 Å². The van der Waals surface area contributed by atoms with E-state index in [1.807, 2.05) is 0 Å². The molecule has 4 nitrogen and oxygen atoms in total. The number of amides is 1. The minimum absolute atomic E-state index is 0.00530. The van der Waals surface area contributed by atoms with Gasteiger partial charge in [0, 0.05) is 24.4 Å². The minimum atomic E-state index is -4.16. The molecule has 0 aliphatic carbocycles. The first-order chi connectivity index (χ1) is 9.37. The number of nitrogens with one attached hydrogen (secondary N) is 1. The Morgan fingerprint density at radius 3 is 2.45 bits per heavy atom. The first-order valence-corrected chi connectivity index (χ1v) is 6.17. The van der Waals surface area contributed by atoms with Gasteiger partial charge in [-0.3, -0.25) is 4.79 Å². The van der Waals surface area contributed by atoms with Crippen LogP contribution in [-0.4, -0.2) is 25.3 Å². The van der Waals surface area contributed by atoms with Crippen LogP contribution in [-0.2, 0) is 9.53 Å². The van der Waals surface area contributed by atoms with Crippen molar-refractivity contribution in [3.8, 4) is 0 Å². The summed E-state index contributed by atoms with van der Waals surface area (Å²) in [6.45, 7) is 0.0906. The molecule has 0 fully saturated rings. The fourth-order valence-corrected chi connectivity index (χ4v) is 1.43. The van der Waals surface area contributed by atoms with E-state index in [4.69, 9.17) is 10.5 Å². The van der Waals surface area contributed by atoms with E-state index in [1.54, 1.807) is 24.3 Å². The summed E-state index contributed by atoms with van der Waals surface area (Å²) < 4.78 is 40.5. The van der Waals surface area contributed by atoms with Crippen LogP contribution in [0, 0.1) is 0 Å². The molecule has 0 saturated carbocycles. The van der Waals surface area contributed by atoms with Crippen LogP contribution in [0.4, 0.5) is 24.5 Å². The van der Waals surface area contributed by atoms with Crippen LogP contribution in [0.3, 0.4) is 0 Å². The Labute approximate surface area is 115 Å². The number of carbonyl (C=O) groups is 1. The third-order valence-corrected chi connectivity index (χ3v) is 2.42. The van der Waals surface area contributed by atoms with Crippen molar-refractivity contribution in [2.75, 3.05) is 24.3 Å². The first kappa shape index (κ1) is 16.3. The Kier molecular flexibility index (Phi) is 6.30. The number of halogens is 3. The predicted octanol–water partition coefficient (Wildman–Crippen LogP) is 2.96. The summed E-state index contributed by atoms with van der Waals surface area (Å²) in [6, 6.07) is 6.64. The van der Waals surface area contributed by atoms with Crippen molar-refractivity contribution in [1.82, 2.24) is 0 Å². The summed E-state index contributed by atoms with van der Waals surface area (Å²) in [7, 11) is 0. The fraction of sp³-hybridized carbons (Fsp3) is 0.462. The van der Waals surface area contributed by atoms with Gasteiger partial charge in [-0.2, -0.15) is 13.2 Å². The molecule has 0 aromatic heterocycles. The van der Waals surface area contributed by atoms with E-state index >= 15 is 0 Å². The highest BCUT2D eigenvalue weighted by atomic mass is 19.4. The van der Waals surface area contributed by atoms with E-state index in [0.717, 1.165) is 0 Å². The van der Waals surface area contributed by atoms with E-state index in [2.05, 4.69) is 5.32 Å². The molecule has 7 heteroatoms.